The molecule has 0 radical (unpaired) electrons. The summed E-state index contributed by atoms with van der Waals surface area (Å²) >= 11 is 0. The molecule has 0 aliphatic carbocycles. The van der Waals surface area contributed by atoms with Gasteiger partial charge in [-0.3, -0.25) is 4.79 Å². The Hall–Kier alpha value is -1.84. The lowest BCUT2D eigenvalue weighted by Gasteiger charge is -2.23. The molecule has 1 aromatic carbocycles. The number of carboxylic acid groups (broad SMARTS) is 1. The van der Waals surface area contributed by atoms with E-state index in [9.17, 15) is 14.7 Å². The average Bonchev–Trinajstić information content (AvgIpc) is 2.70. The predicted octanol–water partition coefficient (Wildman–Crippen LogP) is 1.93. The largest absolute Gasteiger partial charge is 0.480 e. The quantitative estimate of drug-likeness (QED) is 0.868. The number of carbonyl (C=O) groups is 2. The number of nitrogens with zero attached hydrogens (tertiary/aromatic N) is 1. The molecule has 1 aromatic rings. The Balaban J connectivity index is 2.26. The lowest BCUT2D eigenvalue weighted by Crippen LogP contribution is -2.42. The summed E-state index contributed by atoms with van der Waals surface area (Å²) in [5.41, 5.74) is 1.57. The number of hydrogen-bond acceptors (Lipinski definition) is 2. The fourth-order valence-corrected chi connectivity index (χ4v) is 2.50. The molecule has 0 aromatic heterocycles. The number of hydrogen-bond donors (Lipinski definition) is 1. The highest BCUT2D eigenvalue weighted by Crippen LogP contribution is 2.26. The third-order valence-electron chi connectivity index (χ3n) is 3.48. The van der Waals surface area contributed by atoms with Crippen LogP contribution in [-0.4, -0.2) is 34.5 Å². The molecule has 2 rings (SSSR count). The molecular weight excluding hydrogens is 230 g/mol. The standard InChI is InChI=1S/C14H17NO3/c1-9-4-3-5-11(8-9)13(16)15-7-6-10(2)12(15)14(17)18/h3-5,8,10,12H,6-7H2,1-2H3,(H,17,18). The van der Waals surface area contributed by atoms with Crippen LogP contribution >= 0.6 is 0 Å². The van der Waals surface area contributed by atoms with Crippen LogP contribution in [0.25, 0.3) is 0 Å². The number of carboxylic acids is 1. The number of likely N-dealkylation sites (tertiary alicyclic amines) is 1. The van der Waals surface area contributed by atoms with Crippen molar-refractivity contribution in [1.29, 1.82) is 0 Å². The summed E-state index contributed by atoms with van der Waals surface area (Å²) in [5.74, 6) is -1.09. The number of carbonyl (C=O) groups excluding carboxylic acids is 1. The molecule has 1 N–H and O–H groups in total. The van der Waals surface area contributed by atoms with E-state index in [1.54, 1.807) is 12.1 Å². The van der Waals surface area contributed by atoms with Gasteiger partial charge in [0.1, 0.15) is 6.04 Å². The first-order valence-electron chi connectivity index (χ1n) is 6.11. The Kier molecular flexibility index (Phi) is 3.36. The molecular formula is C14H17NO3. The summed E-state index contributed by atoms with van der Waals surface area (Å²) in [5, 5.41) is 9.21. The molecule has 1 heterocycles. The summed E-state index contributed by atoms with van der Waals surface area (Å²) in [4.78, 5) is 25.0. The molecule has 0 spiro atoms. The van der Waals surface area contributed by atoms with Crippen molar-refractivity contribution in [2.75, 3.05) is 6.54 Å². The number of aryl methyl sites for hydroxylation is 1. The molecule has 1 aliphatic heterocycles. The monoisotopic (exact) mass is 247 g/mol. The van der Waals surface area contributed by atoms with E-state index in [0.29, 0.717) is 12.1 Å². The molecule has 0 saturated carbocycles. The van der Waals surface area contributed by atoms with Crippen molar-refractivity contribution in [2.24, 2.45) is 5.92 Å². The number of rotatable bonds is 2. The molecule has 1 aliphatic rings. The highest BCUT2D eigenvalue weighted by molar-refractivity contribution is 5.97. The van der Waals surface area contributed by atoms with Crippen LogP contribution in [0, 0.1) is 12.8 Å². The molecule has 0 bridgehead atoms. The van der Waals surface area contributed by atoms with Crippen molar-refractivity contribution in [1.82, 2.24) is 4.90 Å². The van der Waals surface area contributed by atoms with Crippen LogP contribution in [0.3, 0.4) is 0 Å². The van der Waals surface area contributed by atoms with E-state index in [0.717, 1.165) is 12.0 Å². The Labute approximate surface area is 106 Å². The first-order chi connectivity index (χ1) is 8.50. The maximum atomic E-state index is 12.3. The average molecular weight is 247 g/mol. The summed E-state index contributed by atoms with van der Waals surface area (Å²) < 4.78 is 0. The van der Waals surface area contributed by atoms with E-state index in [1.807, 2.05) is 26.0 Å². The lowest BCUT2D eigenvalue weighted by molar-refractivity contribution is -0.142. The van der Waals surface area contributed by atoms with Gasteiger partial charge in [0.25, 0.3) is 5.91 Å². The third-order valence-corrected chi connectivity index (χ3v) is 3.48. The van der Waals surface area contributed by atoms with Crippen LogP contribution in [0.4, 0.5) is 0 Å². The zero-order chi connectivity index (χ0) is 13.3. The van der Waals surface area contributed by atoms with E-state index in [-0.39, 0.29) is 11.8 Å². The molecule has 2 atom stereocenters. The second-order valence-corrected chi connectivity index (χ2v) is 4.92. The summed E-state index contributed by atoms with van der Waals surface area (Å²) in [6.45, 7) is 4.31. The highest BCUT2D eigenvalue weighted by atomic mass is 16.4. The molecule has 1 saturated heterocycles. The topological polar surface area (TPSA) is 57.6 Å². The van der Waals surface area contributed by atoms with Crippen molar-refractivity contribution in [3.63, 3.8) is 0 Å². The van der Waals surface area contributed by atoms with E-state index in [1.165, 1.54) is 4.90 Å². The minimum atomic E-state index is -0.916. The number of benzene rings is 1. The normalized spacial score (nSPS) is 23.1. The number of amides is 1. The molecule has 1 fully saturated rings. The fraction of sp³-hybridized carbons (Fsp3) is 0.429. The van der Waals surface area contributed by atoms with Crippen molar-refractivity contribution in [2.45, 2.75) is 26.3 Å². The fourth-order valence-electron chi connectivity index (χ4n) is 2.50. The number of aliphatic carboxylic acids is 1. The van der Waals surface area contributed by atoms with Gasteiger partial charge in [-0.05, 0) is 31.4 Å². The second-order valence-electron chi connectivity index (χ2n) is 4.92. The van der Waals surface area contributed by atoms with E-state index in [4.69, 9.17) is 0 Å². The van der Waals surface area contributed by atoms with Crippen LogP contribution in [0.2, 0.25) is 0 Å². The maximum Gasteiger partial charge on any atom is 0.326 e. The highest BCUT2D eigenvalue weighted by Gasteiger charge is 2.39. The molecule has 96 valence electrons. The SMILES string of the molecule is Cc1cccc(C(=O)N2CCC(C)C2C(=O)O)c1. The van der Waals surface area contributed by atoms with E-state index in [2.05, 4.69) is 0 Å². The van der Waals surface area contributed by atoms with Gasteiger partial charge in [0.2, 0.25) is 0 Å². The van der Waals surface area contributed by atoms with Crippen LogP contribution in [0.15, 0.2) is 24.3 Å². The van der Waals surface area contributed by atoms with Gasteiger partial charge in [-0.2, -0.15) is 0 Å². The van der Waals surface area contributed by atoms with Gasteiger partial charge in [-0.15, -0.1) is 0 Å². The molecule has 2 unspecified atom stereocenters. The summed E-state index contributed by atoms with van der Waals surface area (Å²) in [7, 11) is 0. The predicted molar refractivity (Wildman–Crippen MR) is 67.4 cm³/mol. The molecule has 1 amide bonds. The van der Waals surface area contributed by atoms with Gasteiger partial charge in [-0.1, -0.05) is 24.6 Å². The Morgan fingerprint density at radius 3 is 2.72 bits per heavy atom. The molecule has 4 nitrogen and oxygen atoms in total. The van der Waals surface area contributed by atoms with Gasteiger partial charge in [0, 0.05) is 12.1 Å². The minimum absolute atomic E-state index is 0.0104. The Morgan fingerprint density at radius 2 is 2.11 bits per heavy atom. The van der Waals surface area contributed by atoms with Gasteiger partial charge in [-0.25, -0.2) is 4.79 Å². The first-order valence-corrected chi connectivity index (χ1v) is 6.11. The molecule has 18 heavy (non-hydrogen) atoms. The van der Waals surface area contributed by atoms with Gasteiger partial charge >= 0.3 is 5.97 Å². The van der Waals surface area contributed by atoms with Gasteiger partial charge in [0.05, 0.1) is 0 Å². The van der Waals surface area contributed by atoms with Gasteiger partial charge < -0.3 is 10.0 Å². The lowest BCUT2D eigenvalue weighted by atomic mass is 10.0. The second kappa shape index (κ2) is 4.80. The third kappa shape index (κ3) is 2.23. The Morgan fingerprint density at radius 1 is 1.39 bits per heavy atom. The van der Waals surface area contributed by atoms with Crippen molar-refractivity contribution in [3.8, 4) is 0 Å². The van der Waals surface area contributed by atoms with Crippen molar-refractivity contribution < 1.29 is 14.7 Å². The smallest absolute Gasteiger partial charge is 0.326 e. The van der Waals surface area contributed by atoms with E-state index < -0.39 is 12.0 Å². The zero-order valence-electron chi connectivity index (χ0n) is 10.6. The summed E-state index contributed by atoms with van der Waals surface area (Å²) in [6, 6.07) is 6.56. The Bertz CT molecular complexity index is 484. The van der Waals surface area contributed by atoms with Crippen molar-refractivity contribution in [3.05, 3.63) is 35.4 Å². The van der Waals surface area contributed by atoms with Gasteiger partial charge in [0.15, 0.2) is 0 Å². The van der Waals surface area contributed by atoms with E-state index >= 15 is 0 Å². The molecule has 4 heteroatoms. The summed E-state index contributed by atoms with van der Waals surface area (Å²) in [6.07, 6.45) is 0.745. The maximum absolute atomic E-state index is 12.3. The minimum Gasteiger partial charge on any atom is -0.480 e. The zero-order valence-corrected chi connectivity index (χ0v) is 10.6. The first kappa shape index (κ1) is 12.6. The van der Waals surface area contributed by atoms with Crippen molar-refractivity contribution >= 4 is 11.9 Å². The van der Waals surface area contributed by atoms with Crippen LogP contribution in [-0.2, 0) is 4.79 Å². The van der Waals surface area contributed by atoms with Crippen LogP contribution < -0.4 is 0 Å². The van der Waals surface area contributed by atoms with Crippen LogP contribution in [0.1, 0.15) is 29.3 Å². The van der Waals surface area contributed by atoms with Crippen LogP contribution in [0.5, 0.6) is 0 Å².